The lowest BCUT2D eigenvalue weighted by atomic mass is 10.2. The van der Waals surface area contributed by atoms with Crippen molar-refractivity contribution in [2.75, 3.05) is 0 Å². The summed E-state index contributed by atoms with van der Waals surface area (Å²) < 4.78 is 1.90. The number of nitrogens with two attached hydrogens (primary N) is 1. The fourth-order valence-corrected chi connectivity index (χ4v) is 1.49. The number of hydrogen-bond donors (Lipinski definition) is 2. The van der Waals surface area contributed by atoms with Gasteiger partial charge in [-0.25, -0.2) is 0 Å². The zero-order valence-corrected chi connectivity index (χ0v) is 7.86. The zero-order chi connectivity index (χ0) is 10.1. The van der Waals surface area contributed by atoms with Gasteiger partial charge in [0, 0.05) is 12.1 Å². The molecule has 0 aliphatic carbocycles. The molecular formula is C9H11N5. The summed E-state index contributed by atoms with van der Waals surface area (Å²) in [6.45, 7) is 1.88. The third-order valence-corrected chi connectivity index (χ3v) is 2.04. The van der Waals surface area contributed by atoms with Gasteiger partial charge in [0.25, 0.3) is 0 Å². The molecule has 0 fully saturated rings. The molecule has 0 radical (unpaired) electrons. The first-order valence-corrected chi connectivity index (χ1v) is 4.31. The van der Waals surface area contributed by atoms with Gasteiger partial charge >= 0.3 is 0 Å². The quantitative estimate of drug-likeness (QED) is 0.533. The van der Waals surface area contributed by atoms with Crippen LogP contribution in [-0.2, 0) is 6.42 Å². The minimum absolute atomic E-state index is 0.144. The van der Waals surface area contributed by atoms with Crippen LogP contribution >= 0.6 is 0 Å². The van der Waals surface area contributed by atoms with E-state index in [1.807, 2.05) is 29.5 Å². The molecule has 0 aliphatic heterocycles. The predicted octanol–water partition coefficient (Wildman–Crippen LogP) is 0.516. The maximum absolute atomic E-state index is 7.25. The highest BCUT2D eigenvalue weighted by atomic mass is 15.2. The average molecular weight is 189 g/mol. The third-order valence-electron chi connectivity index (χ3n) is 2.04. The Labute approximate surface area is 81.1 Å². The van der Waals surface area contributed by atoms with Gasteiger partial charge in [-0.3, -0.25) is 9.81 Å². The summed E-state index contributed by atoms with van der Waals surface area (Å²) >= 11 is 0. The second-order valence-electron chi connectivity index (χ2n) is 3.16. The van der Waals surface area contributed by atoms with E-state index in [0.29, 0.717) is 6.42 Å². The second kappa shape index (κ2) is 3.10. The lowest BCUT2D eigenvalue weighted by Crippen LogP contribution is -2.15. The van der Waals surface area contributed by atoms with Crippen molar-refractivity contribution in [3.05, 3.63) is 29.7 Å². The van der Waals surface area contributed by atoms with Crippen LogP contribution in [0.15, 0.2) is 18.2 Å². The molecule has 14 heavy (non-hydrogen) atoms. The van der Waals surface area contributed by atoms with E-state index in [9.17, 15) is 0 Å². The second-order valence-corrected chi connectivity index (χ2v) is 3.16. The van der Waals surface area contributed by atoms with Gasteiger partial charge in [-0.15, -0.1) is 10.2 Å². The smallest absolute Gasteiger partial charge is 0.160 e. The van der Waals surface area contributed by atoms with Gasteiger partial charge in [0.1, 0.15) is 5.82 Å². The number of rotatable bonds is 2. The topological polar surface area (TPSA) is 80.1 Å². The van der Waals surface area contributed by atoms with Crippen LogP contribution in [-0.4, -0.2) is 20.4 Å². The molecule has 0 spiro atoms. The van der Waals surface area contributed by atoms with Crippen LogP contribution < -0.4 is 5.73 Å². The number of hydrogen-bond acceptors (Lipinski definition) is 3. The van der Waals surface area contributed by atoms with Crippen molar-refractivity contribution in [1.29, 1.82) is 5.41 Å². The first-order chi connectivity index (χ1) is 6.68. The molecule has 2 rings (SSSR count). The Morgan fingerprint density at radius 2 is 2.29 bits per heavy atom. The van der Waals surface area contributed by atoms with E-state index in [-0.39, 0.29) is 5.84 Å². The van der Waals surface area contributed by atoms with Crippen LogP contribution in [0.3, 0.4) is 0 Å². The first-order valence-electron chi connectivity index (χ1n) is 4.31. The van der Waals surface area contributed by atoms with Crippen molar-refractivity contribution in [2.45, 2.75) is 13.3 Å². The van der Waals surface area contributed by atoms with E-state index in [0.717, 1.165) is 17.2 Å². The molecule has 0 amide bonds. The summed E-state index contributed by atoms with van der Waals surface area (Å²) in [4.78, 5) is 0. The summed E-state index contributed by atoms with van der Waals surface area (Å²) in [6, 6.07) is 5.69. The van der Waals surface area contributed by atoms with Crippen LogP contribution in [0.2, 0.25) is 0 Å². The van der Waals surface area contributed by atoms with E-state index in [1.54, 1.807) is 0 Å². The summed E-state index contributed by atoms with van der Waals surface area (Å²) in [5.74, 6) is 0.961. The number of aryl methyl sites for hydroxylation is 1. The van der Waals surface area contributed by atoms with Gasteiger partial charge in [-0.2, -0.15) is 0 Å². The van der Waals surface area contributed by atoms with E-state index < -0.39 is 0 Å². The fraction of sp³-hybridized carbons (Fsp3) is 0.222. The highest BCUT2D eigenvalue weighted by molar-refractivity contribution is 5.79. The van der Waals surface area contributed by atoms with Crippen molar-refractivity contribution < 1.29 is 0 Å². The largest absolute Gasteiger partial charge is 0.387 e. The number of fused-ring (bicyclic) bond motifs is 1. The number of pyridine rings is 1. The van der Waals surface area contributed by atoms with Crippen LogP contribution in [0, 0.1) is 12.3 Å². The van der Waals surface area contributed by atoms with Gasteiger partial charge in [0.2, 0.25) is 0 Å². The molecule has 0 aromatic carbocycles. The van der Waals surface area contributed by atoms with Crippen molar-refractivity contribution in [1.82, 2.24) is 14.6 Å². The molecule has 2 heterocycles. The zero-order valence-electron chi connectivity index (χ0n) is 7.86. The van der Waals surface area contributed by atoms with Gasteiger partial charge < -0.3 is 5.73 Å². The van der Waals surface area contributed by atoms with Crippen molar-refractivity contribution >= 4 is 11.5 Å². The molecular weight excluding hydrogens is 178 g/mol. The number of nitrogens with one attached hydrogen (secondary N) is 1. The molecule has 0 bridgehead atoms. The Morgan fingerprint density at radius 1 is 1.50 bits per heavy atom. The first kappa shape index (κ1) is 8.68. The van der Waals surface area contributed by atoms with Crippen LogP contribution in [0.1, 0.15) is 11.5 Å². The molecule has 72 valence electrons. The molecule has 5 nitrogen and oxygen atoms in total. The maximum atomic E-state index is 7.25. The molecule has 0 atom stereocenters. The number of aromatic nitrogens is 3. The van der Waals surface area contributed by atoms with Gasteiger partial charge in [-0.05, 0) is 19.1 Å². The SMILES string of the molecule is Cc1nnc2cccc(CC(=N)N)n12. The van der Waals surface area contributed by atoms with Gasteiger partial charge in [0.05, 0.1) is 5.84 Å². The molecule has 0 unspecified atom stereocenters. The highest BCUT2D eigenvalue weighted by Crippen LogP contribution is 2.08. The Bertz CT molecular complexity index is 485. The Morgan fingerprint density at radius 3 is 3.00 bits per heavy atom. The van der Waals surface area contributed by atoms with Crippen molar-refractivity contribution in [2.24, 2.45) is 5.73 Å². The van der Waals surface area contributed by atoms with Crippen molar-refractivity contribution in [3.8, 4) is 0 Å². The third kappa shape index (κ3) is 1.32. The minimum atomic E-state index is 0.144. The summed E-state index contributed by atoms with van der Waals surface area (Å²) in [7, 11) is 0. The van der Waals surface area contributed by atoms with E-state index in [2.05, 4.69) is 10.2 Å². The molecule has 0 aliphatic rings. The fourth-order valence-electron chi connectivity index (χ4n) is 1.49. The van der Waals surface area contributed by atoms with Crippen molar-refractivity contribution in [3.63, 3.8) is 0 Å². The van der Waals surface area contributed by atoms with Gasteiger partial charge in [0.15, 0.2) is 5.65 Å². The van der Waals surface area contributed by atoms with Gasteiger partial charge in [-0.1, -0.05) is 6.07 Å². The minimum Gasteiger partial charge on any atom is -0.387 e. The standard InChI is InChI=1S/C9H11N5/c1-6-12-13-9-4-2-3-7(14(6)9)5-8(10)11/h2-4H,5H2,1H3,(H3,10,11). The van der Waals surface area contributed by atoms with Crippen LogP contribution in [0.25, 0.3) is 5.65 Å². The van der Waals surface area contributed by atoms with E-state index in [4.69, 9.17) is 11.1 Å². The molecule has 0 saturated carbocycles. The Hall–Kier alpha value is -1.91. The summed E-state index contributed by atoms with van der Waals surface area (Å²) in [6.07, 6.45) is 0.427. The molecule has 0 saturated heterocycles. The summed E-state index contributed by atoms with van der Waals surface area (Å²) in [5, 5.41) is 15.2. The molecule has 2 aromatic rings. The molecule has 2 aromatic heterocycles. The Balaban J connectivity index is 2.63. The normalized spacial score (nSPS) is 10.6. The number of nitrogens with zero attached hydrogens (tertiary/aromatic N) is 3. The maximum Gasteiger partial charge on any atom is 0.160 e. The average Bonchev–Trinajstić information content (AvgIpc) is 2.48. The van der Waals surface area contributed by atoms with E-state index in [1.165, 1.54) is 0 Å². The molecule has 5 heteroatoms. The molecule has 3 N–H and O–H groups in total. The monoisotopic (exact) mass is 189 g/mol. The van der Waals surface area contributed by atoms with Crippen LogP contribution in [0.4, 0.5) is 0 Å². The predicted molar refractivity (Wildman–Crippen MR) is 53.3 cm³/mol. The summed E-state index contributed by atoms with van der Waals surface area (Å²) in [5.41, 5.74) is 7.10. The van der Waals surface area contributed by atoms with E-state index >= 15 is 0 Å². The number of amidine groups is 1. The lowest BCUT2D eigenvalue weighted by Gasteiger charge is -2.04. The van der Waals surface area contributed by atoms with Crippen LogP contribution in [0.5, 0.6) is 0 Å². The Kier molecular flexibility index (Phi) is 1.92. The lowest BCUT2D eigenvalue weighted by molar-refractivity contribution is 0.958. The highest BCUT2D eigenvalue weighted by Gasteiger charge is 2.05.